The van der Waals surface area contributed by atoms with E-state index in [1.807, 2.05) is 13.0 Å². The Labute approximate surface area is 204 Å². The van der Waals surface area contributed by atoms with Crippen LogP contribution >= 0.6 is 24.0 Å². The van der Waals surface area contributed by atoms with Gasteiger partial charge in [0, 0.05) is 29.5 Å². The van der Waals surface area contributed by atoms with Crippen LogP contribution in [0.4, 0.5) is 5.69 Å². The van der Waals surface area contributed by atoms with Gasteiger partial charge in [-0.15, -0.1) is 0 Å². The lowest BCUT2D eigenvalue weighted by Crippen LogP contribution is -2.50. The molecule has 0 bridgehead atoms. The van der Waals surface area contributed by atoms with Crippen LogP contribution in [0.3, 0.4) is 0 Å². The fourth-order valence-electron chi connectivity index (χ4n) is 3.49. The third-order valence-electron chi connectivity index (χ3n) is 5.15. The van der Waals surface area contributed by atoms with Crippen molar-refractivity contribution in [1.29, 1.82) is 0 Å². The van der Waals surface area contributed by atoms with E-state index >= 15 is 0 Å². The van der Waals surface area contributed by atoms with E-state index in [4.69, 9.17) is 26.1 Å². The van der Waals surface area contributed by atoms with E-state index in [1.165, 1.54) is 30.8 Å². The van der Waals surface area contributed by atoms with Crippen molar-refractivity contribution in [3.05, 3.63) is 79.8 Å². The molecule has 1 fully saturated rings. The van der Waals surface area contributed by atoms with Gasteiger partial charge < -0.3 is 18.8 Å². The summed E-state index contributed by atoms with van der Waals surface area (Å²) >= 11 is 7.11. The van der Waals surface area contributed by atoms with Gasteiger partial charge in [-0.3, -0.25) is 14.9 Å². The zero-order valence-electron chi connectivity index (χ0n) is 18.3. The highest BCUT2D eigenvalue weighted by atomic mass is 32.2. The average molecular weight is 501 g/mol. The highest BCUT2D eigenvalue weighted by molar-refractivity contribution is 8.04. The number of nitro benzene ring substituents is 1. The summed E-state index contributed by atoms with van der Waals surface area (Å²) in [5, 5.41) is 10.6. The van der Waals surface area contributed by atoms with Crippen LogP contribution < -0.4 is 0 Å². The first-order chi connectivity index (χ1) is 16.3. The van der Waals surface area contributed by atoms with E-state index in [-0.39, 0.29) is 30.2 Å². The number of benzene rings is 1. The number of hydrogen-bond donors (Lipinski definition) is 0. The topological polar surface area (TPSA) is 112 Å². The standard InChI is InChI=1S/C23H20N2O7S2/c1-3-19-20(23(27)31-11-14-4-6-15(7-5-14)25(28)29)24-21(33)18(22(24)34-19)10-16-8-9-17(32-16)12-30-13(2)26/h4-10,22H,3,11-12H2,1-2H3/t22-/m0/s1. The van der Waals surface area contributed by atoms with E-state index < -0.39 is 10.9 Å². The Morgan fingerprint density at radius 3 is 2.59 bits per heavy atom. The second-order valence-electron chi connectivity index (χ2n) is 7.45. The number of esters is 2. The molecule has 0 spiro atoms. The molecule has 0 saturated carbocycles. The number of nitrogens with zero attached hydrogens (tertiary/aromatic N) is 2. The van der Waals surface area contributed by atoms with Crippen LogP contribution in [0.25, 0.3) is 6.08 Å². The third-order valence-corrected chi connectivity index (χ3v) is 7.04. The van der Waals surface area contributed by atoms with Gasteiger partial charge in [0.1, 0.15) is 40.8 Å². The molecule has 4 rings (SSSR count). The van der Waals surface area contributed by atoms with Crippen LogP contribution in [-0.2, 0) is 32.3 Å². The zero-order valence-corrected chi connectivity index (χ0v) is 19.9. The predicted molar refractivity (Wildman–Crippen MR) is 128 cm³/mol. The Morgan fingerprint density at radius 2 is 1.94 bits per heavy atom. The Kier molecular flexibility index (Phi) is 6.85. The van der Waals surface area contributed by atoms with E-state index in [0.29, 0.717) is 34.2 Å². The summed E-state index contributed by atoms with van der Waals surface area (Å²) in [6, 6.07) is 9.35. The smallest absolute Gasteiger partial charge is 0.356 e. The number of carbonyl (C=O) groups excluding carboxylic acids is 2. The molecular formula is C23H20N2O7S2. The lowest BCUT2D eigenvalue weighted by molar-refractivity contribution is -0.384. The molecule has 0 unspecified atom stereocenters. The van der Waals surface area contributed by atoms with Gasteiger partial charge >= 0.3 is 11.9 Å². The van der Waals surface area contributed by atoms with Crippen molar-refractivity contribution < 1.29 is 28.4 Å². The molecule has 1 aromatic carbocycles. The zero-order chi connectivity index (χ0) is 24.4. The molecule has 0 aliphatic carbocycles. The van der Waals surface area contributed by atoms with Crippen molar-refractivity contribution in [2.45, 2.75) is 38.9 Å². The monoisotopic (exact) mass is 500 g/mol. The van der Waals surface area contributed by atoms with Crippen LogP contribution in [0.2, 0.25) is 0 Å². The number of fused-ring (bicyclic) bond motifs is 1. The molecule has 2 aromatic rings. The molecule has 9 nitrogen and oxygen atoms in total. The van der Waals surface area contributed by atoms with Gasteiger partial charge in [0.15, 0.2) is 0 Å². The summed E-state index contributed by atoms with van der Waals surface area (Å²) in [6.45, 7) is 3.34. The summed E-state index contributed by atoms with van der Waals surface area (Å²) < 4.78 is 16.1. The first-order valence-electron chi connectivity index (χ1n) is 10.4. The summed E-state index contributed by atoms with van der Waals surface area (Å²) in [5.41, 5.74) is 1.91. The van der Waals surface area contributed by atoms with Crippen LogP contribution in [0, 0.1) is 10.1 Å². The normalized spacial score (nSPS) is 18.1. The first-order valence-corrected chi connectivity index (χ1v) is 11.6. The van der Waals surface area contributed by atoms with Gasteiger partial charge in [-0.05, 0) is 42.3 Å². The summed E-state index contributed by atoms with van der Waals surface area (Å²) in [4.78, 5) is 37.4. The fraction of sp³-hybridized carbons (Fsp3) is 0.261. The average Bonchev–Trinajstić information content (AvgIpc) is 3.42. The van der Waals surface area contributed by atoms with E-state index in [2.05, 4.69) is 0 Å². The Balaban J connectivity index is 1.43. The van der Waals surface area contributed by atoms with E-state index in [0.717, 1.165) is 10.5 Å². The summed E-state index contributed by atoms with van der Waals surface area (Å²) in [6.07, 6.45) is 2.47. The van der Waals surface area contributed by atoms with Crippen molar-refractivity contribution >= 4 is 52.7 Å². The van der Waals surface area contributed by atoms with Crippen molar-refractivity contribution in [3.8, 4) is 0 Å². The van der Waals surface area contributed by atoms with Crippen molar-refractivity contribution in [2.75, 3.05) is 0 Å². The number of carbonyl (C=O) groups is 2. The number of rotatable bonds is 8. The van der Waals surface area contributed by atoms with Gasteiger partial charge in [0.25, 0.3) is 5.69 Å². The second kappa shape index (κ2) is 9.82. The number of allylic oxidation sites excluding steroid dienone is 1. The van der Waals surface area contributed by atoms with Gasteiger partial charge in [0.05, 0.1) is 4.92 Å². The van der Waals surface area contributed by atoms with Crippen LogP contribution in [0.1, 0.15) is 37.4 Å². The maximum atomic E-state index is 12.9. The third kappa shape index (κ3) is 4.75. The number of ether oxygens (including phenoxy) is 2. The highest BCUT2D eigenvalue weighted by Gasteiger charge is 2.49. The molecule has 34 heavy (non-hydrogen) atoms. The Morgan fingerprint density at radius 1 is 1.21 bits per heavy atom. The van der Waals surface area contributed by atoms with E-state index in [1.54, 1.807) is 29.2 Å². The Bertz CT molecular complexity index is 1230. The number of nitro groups is 1. The minimum absolute atomic E-state index is 0.00649. The molecule has 0 N–H and O–H groups in total. The summed E-state index contributed by atoms with van der Waals surface area (Å²) in [7, 11) is 0. The molecule has 3 heterocycles. The van der Waals surface area contributed by atoms with Gasteiger partial charge in [-0.1, -0.05) is 30.9 Å². The van der Waals surface area contributed by atoms with Crippen LogP contribution in [0.5, 0.6) is 0 Å². The number of furan rings is 1. The first kappa shape index (κ1) is 23.7. The molecule has 0 amide bonds. The maximum Gasteiger partial charge on any atom is 0.356 e. The van der Waals surface area contributed by atoms with Crippen LogP contribution in [0.15, 0.2) is 57.0 Å². The van der Waals surface area contributed by atoms with Gasteiger partial charge in [-0.2, -0.15) is 0 Å². The molecule has 2 aliphatic rings. The number of hydrogen-bond acceptors (Lipinski definition) is 9. The van der Waals surface area contributed by atoms with Gasteiger partial charge in [0.2, 0.25) is 0 Å². The number of non-ortho nitro benzene ring substituents is 1. The largest absolute Gasteiger partial charge is 0.458 e. The molecule has 1 atom stereocenters. The molecule has 0 radical (unpaired) electrons. The molecule has 176 valence electrons. The highest BCUT2D eigenvalue weighted by Crippen LogP contribution is 2.51. The minimum Gasteiger partial charge on any atom is -0.458 e. The van der Waals surface area contributed by atoms with Gasteiger partial charge in [-0.25, -0.2) is 4.79 Å². The quantitative estimate of drug-likeness (QED) is 0.166. The summed E-state index contributed by atoms with van der Waals surface area (Å²) in [5.74, 6) is 0.215. The van der Waals surface area contributed by atoms with Crippen molar-refractivity contribution in [2.24, 2.45) is 0 Å². The number of thioether (sulfide) groups is 1. The minimum atomic E-state index is -0.492. The molecular weight excluding hydrogens is 480 g/mol. The van der Waals surface area contributed by atoms with Crippen molar-refractivity contribution in [3.63, 3.8) is 0 Å². The molecule has 1 aromatic heterocycles. The fourth-order valence-corrected chi connectivity index (χ4v) is 5.35. The maximum absolute atomic E-state index is 12.9. The lowest BCUT2D eigenvalue weighted by Gasteiger charge is -2.40. The Hall–Kier alpha value is -3.44. The molecule has 1 saturated heterocycles. The van der Waals surface area contributed by atoms with Crippen molar-refractivity contribution in [1.82, 2.24) is 4.90 Å². The second-order valence-corrected chi connectivity index (χ2v) is 9.02. The molecule has 2 aliphatic heterocycles. The van der Waals surface area contributed by atoms with Crippen LogP contribution in [-0.4, -0.2) is 32.1 Å². The SMILES string of the molecule is CCC1=C(C(=O)OCc2ccc([N+](=O)[O-])cc2)N2C(=S)C(=Cc3ccc(COC(C)=O)o3)[C@@H]2S1. The molecule has 11 heteroatoms. The predicted octanol–water partition coefficient (Wildman–Crippen LogP) is 4.72. The lowest BCUT2D eigenvalue weighted by atomic mass is 10.0. The number of thiocarbonyl (C=S) groups is 1. The van der Waals surface area contributed by atoms with E-state index in [9.17, 15) is 19.7 Å².